The maximum absolute atomic E-state index is 9.56. The number of aliphatic imine (C=N–C) groups is 1. The van der Waals surface area contributed by atoms with Gasteiger partial charge in [-0.05, 0) is 23.8 Å². The Morgan fingerprint density at radius 1 is 1.14 bits per heavy atom. The van der Waals surface area contributed by atoms with Crippen LogP contribution < -0.4 is 4.74 Å². The predicted molar refractivity (Wildman–Crippen MR) is 87.3 cm³/mol. The molecule has 110 valence electrons. The number of hydrogen-bond acceptors (Lipinski definition) is 6. The molecule has 0 bridgehead atoms. The van der Waals surface area contributed by atoms with Crippen LogP contribution in [-0.2, 0) is 0 Å². The van der Waals surface area contributed by atoms with Crippen molar-refractivity contribution >= 4 is 22.7 Å². The van der Waals surface area contributed by atoms with Crippen molar-refractivity contribution in [3.8, 4) is 22.1 Å². The highest BCUT2D eigenvalue weighted by Crippen LogP contribution is 2.28. The van der Waals surface area contributed by atoms with Crippen molar-refractivity contribution in [2.75, 3.05) is 7.11 Å². The molecule has 0 radical (unpaired) electrons. The van der Waals surface area contributed by atoms with Crippen LogP contribution in [0.15, 0.2) is 53.5 Å². The number of methoxy groups -OCH3 is 1. The van der Waals surface area contributed by atoms with Crippen molar-refractivity contribution in [2.24, 2.45) is 4.99 Å². The number of phenols is 1. The van der Waals surface area contributed by atoms with Gasteiger partial charge in [-0.1, -0.05) is 41.7 Å². The molecule has 0 spiro atoms. The predicted octanol–water partition coefficient (Wildman–Crippen LogP) is 3.67. The third-order valence-electron chi connectivity index (χ3n) is 2.96. The molecular weight excluding hydrogens is 298 g/mol. The van der Waals surface area contributed by atoms with E-state index in [0.717, 1.165) is 16.1 Å². The number of hydrogen-bond donors (Lipinski definition) is 1. The molecule has 0 aliphatic rings. The van der Waals surface area contributed by atoms with Gasteiger partial charge in [-0.3, -0.25) is 0 Å². The summed E-state index contributed by atoms with van der Waals surface area (Å²) in [5, 5.41) is 19.2. The number of aromatic hydroxyl groups is 1. The van der Waals surface area contributed by atoms with Gasteiger partial charge in [-0.15, -0.1) is 10.2 Å². The zero-order valence-corrected chi connectivity index (χ0v) is 12.6. The van der Waals surface area contributed by atoms with Crippen LogP contribution in [0.5, 0.6) is 11.5 Å². The average Bonchev–Trinajstić information content (AvgIpc) is 3.04. The molecule has 5 nitrogen and oxygen atoms in total. The third-order valence-corrected chi connectivity index (χ3v) is 3.84. The summed E-state index contributed by atoms with van der Waals surface area (Å²) in [5.74, 6) is 0.508. The molecule has 0 amide bonds. The van der Waals surface area contributed by atoms with Crippen LogP contribution in [0, 0.1) is 0 Å². The molecule has 1 heterocycles. The van der Waals surface area contributed by atoms with Crippen molar-refractivity contribution < 1.29 is 9.84 Å². The minimum absolute atomic E-state index is 0.0990. The van der Waals surface area contributed by atoms with Gasteiger partial charge in [0.1, 0.15) is 5.01 Å². The summed E-state index contributed by atoms with van der Waals surface area (Å²) in [6.07, 6.45) is 1.66. The first-order chi connectivity index (χ1) is 10.8. The summed E-state index contributed by atoms with van der Waals surface area (Å²) in [6.45, 7) is 0. The molecule has 0 saturated heterocycles. The van der Waals surface area contributed by atoms with E-state index in [1.165, 1.54) is 18.4 Å². The Kier molecular flexibility index (Phi) is 4.11. The molecular formula is C16H13N3O2S. The average molecular weight is 311 g/mol. The minimum atomic E-state index is 0.0990. The van der Waals surface area contributed by atoms with E-state index in [2.05, 4.69) is 15.2 Å². The summed E-state index contributed by atoms with van der Waals surface area (Å²) in [6, 6.07) is 14.9. The summed E-state index contributed by atoms with van der Waals surface area (Å²) in [5.41, 5.74) is 1.83. The van der Waals surface area contributed by atoms with E-state index in [-0.39, 0.29) is 5.75 Å². The number of nitrogens with zero attached hydrogens (tertiary/aromatic N) is 3. The molecule has 22 heavy (non-hydrogen) atoms. The Labute approximate surface area is 131 Å². The standard InChI is InChI=1S/C16H13N3O2S/c1-21-14-9-11(7-8-13(14)20)10-17-16-19-18-15(22-16)12-5-3-2-4-6-12/h2-10,20H,1H3. The van der Waals surface area contributed by atoms with Crippen LogP contribution in [0.2, 0.25) is 0 Å². The second-order valence-electron chi connectivity index (χ2n) is 4.45. The SMILES string of the molecule is COc1cc(C=Nc2nnc(-c3ccccc3)s2)ccc1O. The monoisotopic (exact) mass is 311 g/mol. The van der Waals surface area contributed by atoms with Gasteiger partial charge in [0.25, 0.3) is 0 Å². The lowest BCUT2D eigenvalue weighted by molar-refractivity contribution is 0.373. The summed E-state index contributed by atoms with van der Waals surface area (Å²) < 4.78 is 5.06. The van der Waals surface area contributed by atoms with Crippen LogP contribution in [0.3, 0.4) is 0 Å². The minimum Gasteiger partial charge on any atom is -0.504 e. The van der Waals surface area contributed by atoms with Gasteiger partial charge in [0.15, 0.2) is 11.5 Å². The van der Waals surface area contributed by atoms with Crippen LogP contribution >= 0.6 is 11.3 Å². The number of phenolic OH excluding ortho intramolecular Hbond substituents is 1. The molecule has 1 aromatic heterocycles. The van der Waals surface area contributed by atoms with Gasteiger partial charge in [-0.25, -0.2) is 4.99 Å². The molecule has 0 unspecified atom stereocenters. The smallest absolute Gasteiger partial charge is 0.231 e. The molecule has 0 atom stereocenters. The van der Waals surface area contributed by atoms with Gasteiger partial charge in [0, 0.05) is 11.8 Å². The largest absolute Gasteiger partial charge is 0.504 e. The quantitative estimate of drug-likeness (QED) is 0.746. The lowest BCUT2D eigenvalue weighted by atomic mass is 10.2. The van der Waals surface area contributed by atoms with Gasteiger partial charge < -0.3 is 9.84 Å². The lowest BCUT2D eigenvalue weighted by Crippen LogP contribution is -1.86. The Morgan fingerprint density at radius 3 is 2.73 bits per heavy atom. The molecule has 0 aliphatic carbocycles. The van der Waals surface area contributed by atoms with Gasteiger partial charge in [-0.2, -0.15) is 0 Å². The van der Waals surface area contributed by atoms with E-state index < -0.39 is 0 Å². The van der Waals surface area contributed by atoms with Crippen molar-refractivity contribution in [3.63, 3.8) is 0 Å². The summed E-state index contributed by atoms with van der Waals surface area (Å²) >= 11 is 1.42. The van der Waals surface area contributed by atoms with Gasteiger partial charge >= 0.3 is 0 Å². The fourth-order valence-electron chi connectivity index (χ4n) is 1.87. The molecule has 2 aromatic carbocycles. The highest BCUT2D eigenvalue weighted by Gasteiger charge is 2.05. The highest BCUT2D eigenvalue weighted by atomic mass is 32.1. The molecule has 6 heteroatoms. The van der Waals surface area contributed by atoms with Crippen LogP contribution in [0.25, 0.3) is 10.6 Å². The van der Waals surface area contributed by atoms with Crippen molar-refractivity contribution in [1.29, 1.82) is 0 Å². The fourth-order valence-corrected chi connectivity index (χ4v) is 2.56. The van der Waals surface area contributed by atoms with Crippen molar-refractivity contribution in [3.05, 3.63) is 54.1 Å². The van der Waals surface area contributed by atoms with Crippen LogP contribution in [0.4, 0.5) is 5.13 Å². The maximum atomic E-state index is 9.56. The summed E-state index contributed by atoms with van der Waals surface area (Å²) in [7, 11) is 1.51. The Balaban J connectivity index is 1.80. The van der Waals surface area contributed by atoms with E-state index in [9.17, 15) is 5.11 Å². The number of rotatable bonds is 4. The first-order valence-corrected chi connectivity index (χ1v) is 7.38. The first-order valence-electron chi connectivity index (χ1n) is 6.56. The lowest BCUT2D eigenvalue weighted by Gasteiger charge is -2.02. The van der Waals surface area contributed by atoms with Crippen LogP contribution in [-0.4, -0.2) is 28.6 Å². The first kappa shape index (κ1) is 14.2. The Morgan fingerprint density at radius 2 is 1.95 bits per heavy atom. The third kappa shape index (κ3) is 3.12. The molecule has 3 rings (SSSR count). The number of benzene rings is 2. The number of ether oxygens (including phenoxy) is 1. The fraction of sp³-hybridized carbons (Fsp3) is 0.0625. The van der Waals surface area contributed by atoms with Crippen molar-refractivity contribution in [1.82, 2.24) is 10.2 Å². The second kappa shape index (κ2) is 6.36. The second-order valence-corrected chi connectivity index (χ2v) is 5.40. The Hall–Kier alpha value is -2.73. The number of aromatic nitrogens is 2. The molecule has 3 aromatic rings. The zero-order valence-electron chi connectivity index (χ0n) is 11.8. The van der Waals surface area contributed by atoms with Gasteiger partial charge in [0.05, 0.1) is 7.11 Å². The van der Waals surface area contributed by atoms with E-state index in [1.807, 2.05) is 30.3 Å². The van der Waals surface area contributed by atoms with Crippen LogP contribution in [0.1, 0.15) is 5.56 Å². The summed E-state index contributed by atoms with van der Waals surface area (Å²) in [4.78, 5) is 4.31. The topological polar surface area (TPSA) is 67.6 Å². The van der Waals surface area contributed by atoms with E-state index in [1.54, 1.807) is 24.4 Å². The van der Waals surface area contributed by atoms with Crippen molar-refractivity contribution in [2.45, 2.75) is 0 Å². The highest BCUT2D eigenvalue weighted by molar-refractivity contribution is 7.18. The van der Waals surface area contributed by atoms with Gasteiger partial charge in [0.2, 0.25) is 5.13 Å². The Bertz CT molecular complexity index is 800. The van der Waals surface area contributed by atoms with E-state index >= 15 is 0 Å². The normalized spacial score (nSPS) is 11.0. The van der Waals surface area contributed by atoms with E-state index in [4.69, 9.17) is 4.74 Å². The van der Waals surface area contributed by atoms with E-state index in [0.29, 0.717) is 10.9 Å². The maximum Gasteiger partial charge on any atom is 0.231 e. The zero-order chi connectivity index (χ0) is 15.4. The molecule has 0 aliphatic heterocycles. The molecule has 1 N–H and O–H groups in total. The molecule has 0 saturated carbocycles. The molecule has 0 fully saturated rings.